The Morgan fingerprint density at radius 2 is 0.649 bits per heavy atom. The Labute approximate surface area is 540 Å². The van der Waals surface area contributed by atoms with Crippen LogP contribution in [0.25, 0.3) is 167 Å². The first-order chi connectivity index (χ1) is 46.2. The molecule has 0 radical (unpaired) electrons. The fourth-order valence-electron chi connectivity index (χ4n) is 14.6. The predicted octanol–water partition coefficient (Wildman–Crippen LogP) is 20.5. The van der Waals surface area contributed by atoms with E-state index in [2.05, 4.69) is 234 Å². The summed E-state index contributed by atoms with van der Waals surface area (Å²) in [5, 5.41) is 19.6. The third-order valence-corrected chi connectivity index (χ3v) is 18.8. The quantitative estimate of drug-likeness (QED) is 0.142. The lowest BCUT2D eigenvalue weighted by Crippen LogP contribution is -2.12. The molecule has 7 aromatic heterocycles. The minimum absolute atomic E-state index is 0.375. The number of aromatic nitrogens is 9. The van der Waals surface area contributed by atoms with Gasteiger partial charge in [0.15, 0.2) is 17.5 Å². The normalized spacial score (nSPS) is 11.8. The lowest BCUT2D eigenvalue weighted by atomic mass is 9.85. The largest absolute Gasteiger partial charge is 0.309 e. The molecule has 0 atom stereocenters. The molecule has 18 aromatic rings. The Morgan fingerprint density at radius 3 is 1.07 bits per heavy atom. The van der Waals surface area contributed by atoms with Crippen molar-refractivity contribution in [2.75, 3.05) is 0 Å². The Kier molecular flexibility index (Phi) is 12.3. The van der Waals surface area contributed by atoms with Crippen LogP contribution in [-0.4, -0.2) is 43.2 Å². The summed E-state index contributed by atoms with van der Waals surface area (Å²) in [7, 11) is 0. The molecule has 11 aromatic carbocycles. The molecule has 18 rings (SSSR count). The van der Waals surface area contributed by atoms with Gasteiger partial charge in [0.1, 0.15) is 6.07 Å². The molecule has 0 spiro atoms. The molecule has 442 valence electrons. The molecule has 10 heteroatoms. The Balaban J connectivity index is 1.04. The maximum atomic E-state index is 12.9. The van der Waals surface area contributed by atoms with Crippen molar-refractivity contribution in [1.82, 2.24) is 43.2 Å². The van der Waals surface area contributed by atoms with Crippen molar-refractivity contribution in [3.8, 4) is 85.2 Å². The topological polar surface area (TPSA) is 108 Å². The molecule has 0 aliphatic heterocycles. The van der Waals surface area contributed by atoms with Gasteiger partial charge < -0.3 is 18.3 Å². The summed E-state index contributed by atoms with van der Waals surface area (Å²) >= 11 is 0. The first kappa shape index (κ1) is 54.4. The molecule has 7 heterocycles. The zero-order valence-electron chi connectivity index (χ0n) is 51.9. The highest BCUT2D eigenvalue weighted by molar-refractivity contribution is 6.15. The number of aryl methyl sites for hydroxylation is 4. The van der Waals surface area contributed by atoms with E-state index in [1.807, 2.05) is 85.2 Å². The van der Waals surface area contributed by atoms with Gasteiger partial charge in [0.2, 0.25) is 0 Å². The van der Waals surface area contributed by atoms with E-state index in [9.17, 15) is 5.26 Å². The number of pyridine rings is 2. The van der Waals surface area contributed by atoms with Crippen LogP contribution in [-0.2, 0) is 0 Å². The smallest absolute Gasteiger partial charge is 0.166 e. The van der Waals surface area contributed by atoms with Crippen LogP contribution in [0.2, 0.25) is 0 Å². The summed E-state index contributed by atoms with van der Waals surface area (Å²) < 4.78 is 9.30. The summed E-state index contributed by atoms with van der Waals surface area (Å²) in [6.07, 6.45) is 3.70. The molecular formula is C84H56N10. The molecular weight excluding hydrogens is 1150 g/mol. The van der Waals surface area contributed by atoms with Gasteiger partial charge in [-0.25, -0.2) is 15.0 Å². The van der Waals surface area contributed by atoms with E-state index in [-0.39, 0.29) is 0 Å². The van der Waals surface area contributed by atoms with E-state index < -0.39 is 0 Å². The van der Waals surface area contributed by atoms with Crippen molar-refractivity contribution >= 4 is 87.5 Å². The average molecular weight is 1210 g/mol. The number of fused-ring (bicyclic) bond motifs is 12. The van der Waals surface area contributed by atoms with Crippen molar-refractivity contribution in [2.45, 2.75) is 27.7 Å². The lowest BCUT2D eigenvalue weighted by Gasteiger charge is -2.27. The van der Waals surface area contributed by atoms with Crippen molar-refractivity contribution in [3.63, 3.8) is 0 Å². The second kappa shape index (κ2) is 21.3. The van der Waals surface area contributed by atoms with Gasteiger partial charge in [-0.3, -0.25) is 9.97 Å². The number of hydrogen-bond donors (Lipinski definition) is 0. The Hall–Kier alpha value is -12.6. The zero-order valence-corrected chi connectivity index (χ0v) is 51.9. The number of para-hydroxylation sites is 2. The van der Waals surface area contributed by atoms with Crippen molar-refractivity contribution in [1.29, 1.82) is 5.26 Å². The molecule has 10 nitrogen and oxygen atoms in total. The molecule has 0 amide bonds. The molecule has 0 bridgehead atoms. The van der Waals surface area contributed by atoms with E-state index in [1.54, 1.807) is 0 Å². The summed E-state index contributed by atoms with van der Waals surface area (Å²) in [5.74, 6) is 1.34. The van der Waals surface area contributed by atoms with Crippen LogP contribution in [0.5, 0.6) is 0 Å². The fourth-order valence-corrected chi connectivity index (χ4v) is 14.6. The molecule has 94 heavy (non-hydrogen) atoms. The SMILES string of the molecule is Cc1ccc2c(c1)c1cc(C)ccc1n2-c1ccc(-c2c(C#N)c(-n3c4ccccc4c4ncccc43)c(-c3nc(-c4ccccc4)nc(-c4ccccc4)n3)c(-c3ccc(-n4c5ccc(C)cc5c5cc(C)ccc54)cc3)c2-n2c3ccccc3c3ncccc32)cc1. The fraction of sp³-hybridized carbons (Fsp3) is 0.0476. The average Bonchev–Trinajstić information content (AvgIpc) is 1.40. The minimum atomic E-state index is 0.375. The van der Waals surface area contributed by atoms with Crippen LogP contribution in [0, 0.1) is 39.0 Å². The molecule has 0 saturated carbocycles. The number of nitriles is 1. The van der Waals surface area contributed by atoms with Gasteiger partial charge in [0.25, 0.3) is 0 Å². The van der Waals surface area contributed by atoms with Gasteiger partial charge >= 0.3 is 0 Å². The highest BCUT2D eigenvalue weighted by atomic mass is 15.1. The van der Waals surface area contributed by atoms with E-state index in [1.165, 1.54) is 43.8 Å². The number of rotatable bonds is 9. The van der Waals surface area contributed by atoms with E-state index in [0.717, 1.165) is 111 Å². The van der Waals surface area contributed by atoms with Crippen LogP contribution >= 0.6 is 0 Å². The van der Waals surface area contributed by atoms with Crippen LogP contribution in [0.15, 0.2) is 267 Å². The summed E-state index contributed by atoms with van der Waals surface area (Å²) in [6.45, 7) is 8.62. The second-order valence-corrected chi connectivity index (χ2v) is 24.6. The summed E-state index contributed by atoms with van der Waals surface area (Å²) in [4.78, 5) is 27.0. The molecule has 0 saturated heterocycles. The molecule has 0 N–H and O–H groups in total. The maximum absolute atomic E-state index is 12.9. The highest BCUT2D eigenvalue weighted by Crippen LogP contribution is 2.52. The molecule has 0 unspecified atom stereocenters. The van der Waals surface area contributed by atoms with Crippen molar-refractivity contribution in [3.05, 3.63) is 295 Å². The first-order valence-corrected chi connectivity index (χ1v) is 31.7. The second-order valence-electron chi connectivity index (χ2n) is 24.6. The number of benzene rings is 11. The van der Waals surface area contributed by atoms with Crippen LogP contribution < -0.4 is 0 Å². The Morgan fingerprint density at radius 1 is 0.287 bits per heavy atom. The molecule has 0 fully saturated rings. The van der Waals surface area contributed by atoms with Gasteiger partial charge in [-0.1, -0.05) is 168 Å². The lowest BCUT2D eigenvalue weighted by molar-refractivity contribution is 1.06. The van der Waals surface area contributed by atoms with Crippen LogP contribution in [0.1, 0.15) is 27.8 Å². The standard InChI is InChI=1S/C84H56N10/c1-50-27-39-69-62(45-50)63-46-51(2)28-40-70(63)91(69)58-35-31-54(32-36-58)75-66(49-85)80(93-67-23-13-11-21-60(67)78-73(93)25-15-43-86-78)77(84-89-82(56-17-7-5-8-18-56)88-83(90-84)57-19-9-6-10-20-57)76(81(75)94-68-24-14-12-22-61(68)79-74(94)26-16-44-87-79)55-33-37-59(38-34-55)92-71-41-29-52(3)47-64(71)65-48-53(4)30-42-72(65)92/h5-48H,1-4H3. The van der Waals surface area contributed by atoms with Gasteiger partial charge in [-0.15, -0.1) is 0 Å². The zero-order chi connectivity index (χ0) is 62.9. The first-order valence-electron chi connectivity index (χ1n) is 31.7. The summed E-state index contributed by atoms with van der Waals surface area (Å²) in [5.41, 5.74) is 23.5. The van der Waals surface area contributed by atoms with Crippen LogP contribution in [0.4, 0.5) is 0 Å². The van der Waals surface area contributed by atoms with Gasteiger partial charge in [-0.2, -0.15) is 5.26 Å². The van der Waals surface area contributed by atoms with Crippen molar-refractivity contribution < 1.29 is 0 Å². The number of hydrogen-bond acceptors (Lipinski definition) is 6. The monoisotopic (exact) mass is 1200 g/mol. The van der Waals surface area contributed by atoms with Gasteiger partial charge in [0, 0.05) is 78.3 Å². The third-order valence-electron chi connectivity index (χ3n) is 18.8. The highest BCUT2D eigenvalue weighted by Gasteiger charge is 2.34. The van der Waals surface area contributed by atoms with Gasteiger partial charge in [0.05, 0.1) is 77.7 Å². The van der Waals surface area contributed by atoms with Crippen LogP contribution in [0.3, 0.4) is 0 Å². The maximum Gasteiger partial charge on any atom is 0.166 e. The van der Waals surface area contributed by atoms with Crippen molar-refractivity contribution in [2.24, 2.45) is 0 Å². The van der Waals surface area contributed by atoms with Gasteiger partial charge in [-0.05, 0) is 148 Å². The third kappa shape index (κ3) is 8.38. The Bertz CT molecular complexity index is 5920. The predicted molar refractivity (Wildman–Crippen MR) is 384 cm³/mol. The summed E-state index contributed by atoms with van der Waals surface area (Å²) in [6, 6.07) is 92.8. The molecule has 0 aliphatic carbocycles. The minimum Gasteiger partial charge on any atom is -0.309 e. The van der Waals surface area contributed by atoms with E-state index in [4.69, 9.17) is 24.9 Å². The number of nitrogens with zero attached hydrogens (tertiary/aromatic N) is 10. The van der Waals surface area contributed by atoms with E-state index in [0.29, 0.717) is 39.9 Å². The molecule has 0 aliphatic rings. The van der Waals surface area contributed by atoms with E-state index >= 15 is 0 Å².